The zero-order valence-corrected chi connectivity index (χ0v) is 4.46. The van der Waals surface area contributed by atoms with E-state index in [4.69, 9.17) is 5.41 Å². The SMILES string of the molecule is N=C(P)P. The van der Waals surface area contributed by atoms with Crippen LogP contribution in [0.15, 0.2) is 0 Å². The monoisotopic (exact) mass is 93.0 g/mol. The summed E-state index contributed by atoms with van der Waals surface area (Å²) in [5.74, 6) is 0. The average Bonchev–Trinajstić information content (AvgIpc) is 0.811. The van der Waals surface area contributed by atoms with E-state index >= 15 is 0 Å². The Kier molecular flexibility index (Phi) is 2.05. The molecular formula is CH5NP2. The molecule has 24 valence electrons. The average molecular weight is 93.0 g/mol. The molecule has 0 aromatic carbocycles. The van der Waals surface area contributed by atoms with E-state index in [2.05, 4.69) is 18.5 Å². The Morgan fingerprint density at radius 2 is 1.50 bits per heavy atom. The second kappa shape index (κ2) is 1.81. The Balaban J connectivity index is 2.80. The molecule has 2 atom stereocenters. The highest BCUT2D eigenvalue weighted by molar-refractivity contribution is 7.69. The fourth-order valence-electron chi connectivity index (χ4n) is 0. The van der Waals surface area contributed by atoms with E-state index in [0.717, 1.165) is 0 Å². The number of hydrogen-bond donors (Lipinski definition) is 1. The largest absolute Gasteiger partial charge is 0.301 e. The maximum absolute atomic E-state index is 6.43. The standard InChI is InChI=1S/CH5NP2/c2-1(3)4/h2H,3-4H2. The van der Waals surface area contributed by atoms with Crippen molar-refractivity contribution in [1.82, 2.24) is 0 Å². The van der Waals surface area contributed by atoms with E-state index in [9.17, 15) is 0 Å². The molecule has 0 amide bonds. The second-order valence-corrected chi connectivity index (χ2v) is 2.37. The quantitative estimate of drug-likeness (QED) is 0.336. The molecular weight excluding hydrogens is 88.0 g/mol. The van der Waals surface area contributed by atoms with Crippen LogP contribution in [0.4, 0.5) is 0 Å². The first-order chi connectivity index (χ1) is 1.73. The molecule has 0 bridgehead atoms. The number of nitrogens with one attached hydrogen (secondary N) is 1. The van der Waals surface area contributed by atoms with Gasteiger partial charge in [0.1, 0.15) is 0 Å². The van der Waals surface area contributed by atoms with Gasteiger partial charge >= 0.3 is 0 Å². The molecule has 0 saturated heterocycles. The van der Waals surface area contributed by atoms with Crippen LogP contribution in [0.5, 0.6) is 0 Å². The van der Waals surface area contributed by atoms with Crippen molar-refractivity contribution in [3.05, 3.63) is 0 Å². The molecule has 3 heteroatoms. The second-order valence-electron chi connectivity index (χ2n) is 0.455. The minimum absolute atomic E-state index is 0.500. The molecule has 0 heterocycles. The Morgan fingerprint density at radius 1 is 1.50 bits per heavy atom. The zero-order valence-electron chi connectivity index (χ0n) is 2.15. The molecule has 0 aliphatic heterocycles. The number of rotatable bonds is 0. The van der Waals surface area contributed by atoms with Crippen molar-refractivity contribution in [2.75, 3.05) is 0 Å². The lowest BCUT2D eigenvalue weighted by Crippen LogP contribution is -1.46. The lowest BCUT2D eigenvalue weighted by Gasteiger charge is -1.63. The summed E-state index contributed by atoms with van der Waals surface area (Å²) in [7, 11) is 4.41. The molecule has 0 aromatic rings. The van der Waals surface area contributed by atoms with Gasteiger partial charge in [0, 0.05) is 5.19 Å². The summed E-state index contributed by atoms with van der Waals surface area (Å²) >= 11 is 0. The van der Waals surface area contributed by atoms with Crippen molar-refractivity contribution < 1.29 is 0 Å². The fraction of sp³-hybridized carbons (Fsp3) is 0. The van der Waals surface area contributed by atoms with Crippen LogP contribution in [0.1, 0.15) is 0 Å². The van der Waals surface area contributed by atoms with Gasteiger partial charge in [-0.15, -0.1) is 0 Å². The molecule has 0 aliphatic rings. The van der Waals surface area contributed by atoms with Crippen LogP contribution in [-0.2, 0) is 0 Å². The zero-order chi connectivity index (χ0) is 3.58. The van der Waals surface area contributed by atoms with Crippen LogP contribution >= 0.6 is 18.5 Å². The van der Waals surface area contributed by atoms with Crippen molar-refractivity contribution in [3.63, 3.8) is 0 Å². The van der Waals surface area contributed by atoms with Crippen LogP contribution in [0.2, 0.25) is 0 Å². The first-order valence-electron chi connectivity index (χ1n) is 0.827. The van der Waals surface area contributed by atoms with Crippen LogP contribution in [0, 0.1) is 5.41 Å². The van der Waals surface area contributed by atoms with Crippen LogP contribution < -0.4 is 0 Å². The van der Waals surface area contributed by atoms with E-state index < -0.39 is 0 Å². The molecule has 0 saturated carbocycles. The van der Waals surface area contributed by atoms with Gasteiger partial charge in [0.05, 0.1) is 0 Å². The van der Waals surface area contributed by atoms with Crippen molar-refractivity contribution in [1.29, 1.82) is 5.41 Å². The van der Waals surface area contributed by atoms with Gasteiger partial charge in [0.15, 0.2) is 0 Å². The van der Waals surface area contributed by atoms with Crippen LogP contribution in [-0.4, -0.2) is 5.19 Å². The molecule has 0 rings (SSSR count). The summed E-state index contributed by atoms with van der Waals surface area (Å²) < 4.78 is 0. The third-order valence-corrected chi connectivity index (χ3v) is 0. The highest BCUT2D eigenvalue weighted by Crippen LogP contribution is 1.91. The minimum atomic E-state index is 0.500. The molecule has 0 aromatic heterocycles. The van der Waals surface area contributed by atoms with Crippen LogP contribution in [0.3, 0.4) is 0 Å². The van der Waals surface area contributed by atoms with E-state index in [1.54, 1.807) is 0 Å². The Morgan fingerprint density at radius 3 is 1.50 bits per heavy atom. The van der Waals surface area contributed by atoms with Crippen molar-refractivity contribution in [2.45, 2.75) is 0 Å². The maximum Gasteiger partial charge on any atom is 0.0420 e. The molecule has 1 N–H and O–H groups in total. The van der Waals surface area contributed by atoms with Gasteiger partial charge in [0.25, 0.3) is 0 Å². The minimum Gasteiger partial charge on any atom is -0.301 e. The summed E-state index contributed by atoms with van der Waals surface area (Å²) in [5.41, 5.74) is 0. The van der Waals surface area contributed by atoms with Crippen molar-refractivity contribution in [2.24, 2.45) is 0 Å². The summed E-state index contributed by atoms with van der Waals surface area (Å²) in [5, 5.41) is 6.93. The van der Waals surface area contributed by atoms with Gasteiger partial charge in [-0.1, -0.05) is 18.5 Å². The Labute approximate surface area is 30.1 Å². The molecule has 0 aliphatic carbocycles. The smallest absolute Gasteiger partial charge is 0.0420 e. The van der Waals surface area contributed by atoms with Crippen molar-refractivity contribution in [3.8, 4) is 0 Å². The highest BCUT2D eigenvalue weighted by atomic mass is 31.1. The Hall–Kier alpha value is 0.530. The normalized spacial score (nSPS) is 6.50. The molecule has 4 heavy (non-hydrogen) atoms. The van der Waals surface area contributed by atoms with Gasteiger partial charge in [0.2, 0.25) is 0 Å². The molecule has 0 fully saturated rings. The Bertz CT molecular complexity index is 29.0. The van der Waals surface area contributed by atoms with E-state index in [1.165, 1.54) is 0 Å². The highest BCUT2D eigenvalue weighted by Gasteiger charge is 1.54. The molecule has 2 unspecified atom stereocenters. The van der Waals surface area contributed by atoms with E-state index in [0.29, 0.717) is 5.19 Å². The van der Waals surface area contributed by atoms with Gasteiger partial charge in [-0.2, -0.15) is 0 Å². The summed E-state index contributed by atoms with van der Waals surface area (Å²) in [6.07, 6.45) is 0. The first-order valence-corrected chi connectivity index (χ1v) is 1.98. The molecule has 0 radical (unpaired) electrons. The van der Waals surface area contributed by atoms with E-state index in [-0.39, 0.29) is 0 Å². The summed E-state index contributed by atoms with van der Waals surface area (Å²) in [4.78, 5) is 0. The third-order valence-electron chi connectivity index (χ3n) is 0. The topological polar surface area (TPSA) is 23.9 Å². The van der Waals surface area contributed by atoms with E-state index in [1.807, 2.05) is 0 Å². The molecule has 0 spiro atoms. The van der Waals surface area contributed by atoms with Gasteiger partial charge in [-0.25, -0.2) is 0 Å². The lowest BCUT2D eigenvalue weighted by atomic mass is 11.7. The lowest BCUT2D eigenvalue weighted by molar-refractivity contribution is 1.59. The van der Waals surface area contributed by atoms with Crippen LogP contribution in [0.25, 0.3) is 0 Å². The number of hydrogen-bond acceptors (Lipinski definition) is 1. The van der Waals surface area contributed by atoms with Gasteiger partial charge in [-0.3, -0.25) is 0 Å². The predicted octanol–water partition coefficient (Wildman–Crippen LogP) is 0.671. The molecule has 1 nitrogen and oxygen atoms in total. The summed E-state index contributed by atoms with van der Waals surface area (Å²) in [6.45, 7) is 0. The predicted molar refractivity (Wildman–Crippen MR) is 27.1 cm³/mol. The third kappa shape index (κ3) is 21.1. The van der Waals surface area contributed by atoms with Gasteiger partial charge < -0.3 is 5.41 Å². The first kappa shape index (κ1) is 4.53. The fourth-order valence-corrected chi connectivity index (χ4v) is 0. The maximum atomic E-state index is 6.43. The van der Waals surface area contributed by atoms with Crippen molar-refractivity contribution >= 4 is 23.7 Å². The van der Waals surface area contributed by atoms with Gasteiger partial charge in [-0.05, 0) is 0 Å². The summed E-state index contributed by atoms with van der Waals surface area (Å²) in [6, 6.07) is 0.